The van der Waals surface area contributed by atoms with E-state index in [1.54, 1.807) is 0 Å². The molecule has 0 atom stereocenters. The largest absolute Gasteiger partial charge is 0.262 e. The molecule has 15 heavy (non-hydrogen) atoms. The number of halogens is 3. The van der Waals surface area contributed by atoms with Gasteiger partial charge in [-0.1, -0.05) is 6.07 Å². The van der Waals surface area contributed by atoms with E-state index in [0.717, 1.165) is 6.07 Å². The van der Waals surface area contributed by atoms with Crippen LogP contribution in [0.4, 0.5) is 4.39 Å². The zero-order valence-corrected chi connectivity index (χ0v) is 9.50. The van der Waals surface area contributed by atoms with Crippen molar-refractivity contribution in [3.05, 3.63) is 29.1 Å². The van der Waals surface area contributed by atoms with Crippen LogP contribution in [0.3, 0.4) is 0 Å². The lowest BCUT2D eigenvalue weighted by Gasteiger charge is -2.04. The normalized spacial score (nSPS) is 11.1. The van der Waals surface area contributed by atoms with Crippen LogP contribution >= 0.6 is 22.3 Å². The van der Waals surface area contributed by atoms with Gasteiger partial charge in [-0.2, -0.15) is 5.26 Å². The molecule has 0 bridgehead atoms. The summed E-state index contributed by atoms with van der Waals surface area (Å²) < 4.78 is 35.4. The van der Waals surface area contributed by atoms with E-state index < -0.39 is 25.3 Å². The molecule has 0 amide bonds. The van der Waals surface area contributed by atoms with E-state index in [-0.39, 0.29) is 11.4 Å². The first-order valence-electron chi connectivity index (χ1n) is 3.64. The van der Waals surface area contributed by atoms with Crippen molar-refractivity contribution < 1.29 is 12.8 Å². The third-order valence-electron chi connectivity index (χ3n) is 1.70. The van der Waals surface area contributed by atoms with Crippen LogP contribution in [0.2, 0.25) is 0 Å². The molecule has 0 fully saturated rings. The van der Waals surface area contributed by atoms with Gasteiger partial charge in [0, 0.05) is 16.2 Å². The monoisotopic (exact) mass is 267 g/mol. The molecule has 3 nitrogen and oxygen atoms in total. The number of benzene rings is 1. The first-order valence-corrected chi connectivity index (χ1v) is 6.48. The zero-order chi connectivity index (χ0) is 11.6. The molecule has 1 aromatic carbocycles. The Labute approximate surface area is 95.5 Å². The predicted molar refractivity (Wildman–Crippen MR) is 53.7 cm³/mol. The van der Waals surface area contributed by atoms with Crippen molar-refractivity contribution in [1.82, 2.24) is 0 Å². The second-order valence-electron chi connectivity index (χ2n) is 2.60. The Balaban J connectivity index is 3.61. The van der Waals surface area contributed by atoms with Gasteiger partial charge in [-0.15, -0.1) is 11.6 Å². The van der Waals surface area contributed by atoms with Crippen molar-refractivity contribution >= 4 is 31.3 Å². The number of nitrogens with zero attached hydrogens (tertiary/aromatic N) is 1. The molecule has 0 saturated carbocycles. The lowest BCUT2D eigenvalue weighted by molar-refractivity contribution is 0.595. The minimum absolute atomic E-state index is 0.0530. The maximum atomic E-state index is 13.4. The number of hydrogen-bond acceptors (Lipinski definition) is 3. The molecule has 0 aliphatic rings. The van der Waals surface area contributed by atoms with E-state index in [1.807, 2.05) is 0 Å². The Morgan fingerprint density at radius 3 is 2.47 bits per heavy atom. The summed E-state index contributed by atoms with van der Waals surface area (Å²) in [4.78, 5) is -0.543. The zero-order valence-electron chi connectivity index (χ0n) is 7.17. The molecule has 0 aliphatic heterocycles. The maximum absolute atomic E-state index is 13.4. The van der Waals surface area contributed by atoms with Crippen LogP contribution < -0.4 is 0 Å². The summed E-state index contributed by atoms with van der Waals surface area (Å²) in [5.74, 6) is -1.10. The average molecular weight is 268 g/mol. The Bertz CT molecular complexity index is 536. The van der Waals surface area contributed by atoms with E-state index in [2.05, 4.69) is 0 Å². The van der Waals surface area contributed by atoms with Crippen LogP contribution in [0.1, 0.15) is 11.1 Å². The molecule has 0 heterocycles. The van der Waals surface area contributed by atoms with Crippen molar-refractivity contribution in [2.45, 2.75) is 10.8 Å². The number of nitriles is 1. The summed E-state index contributed by atoms with van der Waals surface area (Å²) in [6, 6.07) is 3.68. The van der Waals surface area contributed by atoms with Gasteiger partial charge in [0.05, 0.1) is 5.88 Å². The molecular weight excluding hydrogens is 264 g/mol. The van der Waals surface area contributed by atoms with Crippen LogP contribution in [0.5, 0.6) is 0 Å². The van der Waals surface area contributed by atoms with Crippen molar-refractivity contribution in [1.29, 1.82) is 5.26 Å². The number of alkyl halides is 1. The lowest BCUT2D eigenvalue weighted by Crippen LogP contribution is -2.01. The molecule has 0 aliphatic carbocycles. The molecular formula is C8H4Cl2FNO2S. The third kappa shape index (κ3) is 2.40. The second-order valence-corrected chi connectivity index (χ2v) is 5.40. The van der Waals surface area contributed by atoms with Gasteiger partial charge in [0.25, 0.3) is 9.05 Å². The first kappa shape index (κ1) is 12.2. The van der Waals surface area contributed by atoms with Crippen molar-refractivity contribution in [3.63, 3.8) is 0 Å². The van der Waals surface area contributed by atoms with Crippen LogP contribution in [0, 0.1) is 17.1 Å². The van der Waals surface area contributed by atoms with Gasteiger partial charge in [0.2, 0.25) is 0 Å². The second kappa shape index (κ2) is 4.35. The number of rotatable bonds is 2. The highest BCUT2D eigenvalue weighted by molar-refractivity contribution is 8.13. The summed E-state index contributed by atoms with van der Waals surface area (Å²) in [7, 11) is 0.905. The van der Waals surface area contributed by atoms with Gasteiger partial charge in [-0.3, -0.25) is 0 Å². The molecule has 0 N–H and O–H groups in total. The minimum Gasteiger partial charge on any atom is -0.207 e. The van der Waals surface area contributed by atoms with Crippen LogP contribution in [-0.2, 0) is 14.9 Å². The van der Waals surface area contributed by atoms with Gasteiger partial charge in [0.1, 0.15) is 22.3 Å². The third-order valence-corrected chi connectivity index (χ3v) is 3.35. The highest BCUT2D eigenvalue weighted by Gasteiger charge is 2.20. The standard InChI is InChI=1S/C8H4Cl2FNO2S/c9-3-5-1-2-7(15(10,13)14)6(4-12)8(5)11/h1-2H,3H2. The molecule has 0 aromatic heterocycles. The van der Waals surface area contributed by atoms with E-state index in [0.29, 0.717) is 0 Å². The summed E-state index contributed by atoms with van der Waals surface area (Å²) in [6.07, 6.45) is 0. The molecule has 80 valence electrons. The highest BCUT2D eigenvalue weighted by atomic mass is 35.7. The van der Waals surface area contributed by atoms with Gasteiger partial charge >= 0.3 is 0 Å². The highest BCUT2D eigenvalue weighted by Crippen LogP contribution is 2.24. The first-order chi connectivity index (χ1) is 6.91. The topological polar surface area (TPSA) is 57.9 Å². The predicted octanol–water partition coefficient (Wildman–Crippen LogP) is 2.36. The van der Waals surface area contributed by atoms with E-state index in [4.69, 9.17) is 27.5 Å². The van der Waals surface area contributed by atoms with Crippen molar-refractivity contribution in [2.24, 2.45) is 0 Å². The smallest absolute Gasteiger partial charge is 0.207 e. The molecule has 0 spiro atoms. The average Bonchev–Trinajstić information content (AvgIpc) is 2.15. The molecule has 7 heteroatoms. The quantitative estimate of drug-likeness (QED) is 0.611. The van der Waals surface area contributed by atoms with Crippen LogP contribution in [0.25, 0.3) is 0 Å². The summed E-state index contributed by atoms with van der Waals surface area (Å²) >= 11 is 5.40. The summed E-state index contributed by atoms with van der Waals surface area (Å²) in [5.41, 5.74) is -0.555. The summed E-state index contributed by atoms with van der Waals surface area (Å²) in [5, 5.41) is 8.63. The van der Waals surface area contributed by atoms with Crippen LogP contribution in [0.15, 0.2) is 17.0 Å². The fourth-order valence-electron chi connectivity index (χ4n) is 1.01. The van der Waals surface area contributed by atoms with Gasteiger partial charge < -0.3 is 0 Å². The Kier molecular flexibility index (Phi) is 3.55. The van der Waals surface area contributed by atoms with Gasteiger partial charge in [-0.25, -0.2) is 12.8 Å². The molecule has 1 rings (SSSR count). The molecule has 1 aromatic rings. The fraction of sp³-hybridized carbons (Fsp3) is 0.125. The Morgan fingerprint density at radius 2 is 2.07 bits per heavy atom. The van der Waals surface area contributed by atoms with Gasteiger partial charge in [-0.05, 0) is 6.07 Å². The lowest BCUT2D eigenvalue weighted by atomic mass is 10.1. The van der Waals surface area contributed by atoms with E-state index in [9.17, 15) is 12.8 Å². The maximum Gasteiger partial charge on any atom is 0.262 e. The fourth-order valence-corrected chi connectivity index (χ4v) is 2.21. The number of hydrogen-bond donors (Lipinski definition) is 0. The van der Waals surface area contributed by atoms with Gasteiger partial charge in [0.15, 0.2) is 0 Å². The molecule has 0 unspecified atom stereocenters. The van der Waals surface area contributed by atoms with E-state index in [1.165, 1.54) is 12.1 Å². The molecule has 0 radical (unpaired) electrons. The van der Waals surface area contributed by atoms with Crippen molar-refractivity contribution in [2.75, 3.05) is 0 Å². The Hall–Kier alpha value is -0.830. The van der Waals surface area contributed by atoms with Crippen molar-refractivity contribution in [3.8, 4) is 6.07 Å². The SMILES string of the molecule is N#Cc1c(S(=O)(=O)Cl)ccc(CCl)c1F. The summed E-state index contributed by atoms with van der Waals surface area (Å²) in [6.45, 7) is 0. The van der Waals surface area contributed by atoms with Crippen LogP contribution in [-0.4, -0.2) is 8.42 Å². The minimum atomic E-state index is -4.13. The molecule has 0 saturated heterocycles. The Morgan fingerprint density at radius 1 is 1.47 bits per heavy atom. The van der Waals surface area contributed by atoms with E-state index >= 15 is 0 Å².